The van der Waals surface area contributed by atoms with Crippen molar-refractivity contribution in [1.82, 2.24) is 20.0 Å². The van der Waals surface area contributed by atoms with Crippen LogP contribution in [0, 0.1) is 0 Å². The van der Waals surface area contributed by atoms with Gasteiger partial charge < -0.3 is 15.5 Å². The van der Waals surface area contributed by atoms with Crippen LogP contribution in [0.4, 0.5) is 5.69 Å². The largest absolute Gasteiger partial charge is 0.319 e. The summed E-state index contributed by atoms with van der Waals surface area (Å²) in [6.45, 7) is 5.35. The standard InChI is InChI=1S/C21H29N5OS/c1-2-26-12-16(11-22-26)24-21(27)20-9-14(13-28-20)18-10-19(18)23-15-5-7-25(8-6-15)17-3-4-17/h9,11-13,15,17-19,23H,2-8,10H2,1H3,(H,24,27). The minimum Gasteiger partial charge on any atom is -0.319 e. The first-order chi connectivity index (χ1) is 13.7. The molecule has 150 valence electrons. The average Bonchev–Trinajstić information content (AvgIpc) is 3.60. The summed E-state index contributed by atoms with van der Waals surface area (Å²) in [7, 11) is 0. The quantitative estimate of drug-likeness (QED) is 0.750. The summed E-state index contributed by atoms with van der Waals surface area (Å²) in [5.41, 5.74) is 2.07. The maximum atomic E-state index is 12.5. The number of rotatable bonds is 7. The molecule has 0 radical (unpaired) electrons. The lowest BCUT2D eigenvalue weighted by Gasteiger charge is -2.32. The number of nitrogens with zero attached hydrogens (tertiary/aromatic N) is 3. The number of piperidine rings is 1. The molecule has 2 aromatic heterocycles. The Labute approximate surface area is 170 Å². The van der Waals surface area contributed by atoms with Gasteiger partial charge in [0, 0.05) is 36.8 Å². The van der Waals surface area contributed by atoms with Crippen molar-refractivity contribution in [2.75, 3.05) is 18.4 Å². The van der Waals surface area contributed by atoms with Crippen LogP contribution < -0.4 is 10.6 Å². The molecule has 0 aromatic carbocycles. The molecule has 2 aliphatic carbocycles. The van der Waals surface area contributed by atoms with E-state index in [-0.39, 0.29) is 5.91 Å². The normalized spacial score (nSPS) is 25.8. The van der Waals surface area contributed by atoms with Gasteiger partial charge in [-0.2, -0.15) is 5.10 Å². The van der Waals surface area contributed by atoms with Crippen molar-refractivity contribution in [2.45, 2.75) is 69.6 Å². The maximum Gasteiger partial charge on any atom is 0.265 e. The molecular formula is C21H29N5OS. The molecule has 2 aromatic rings. The fourth-order valence-electron chi connectivity index (χ4n) is 4.38. The first-order valence-electron chi connectivity index (χ1n) is 10.6. The van der Waals surface area contributed by atoms with E-state index in [2.05, 4.69) is 32.1 Å². The van der Waals surface area contributed by atoms with Gasteiger partial charge in [-0.3, -0.25) is 9.48 Å². The first-order valence-corrected chi connectivity index (χ1v) is 11.5. The molecule has 3 aliphatic rings. The highest BCUT2D eigenvalue weighted by Gasteiger charge is 2.41. The van der Waals surface area contributed by atoms with Gasteiger partial charge in [0.15, 0.2) is 0 Å². The lowest BCUT2D eigenvalue weighted by atomic mass is 10.0. The van der Waals surface area contributed by atoms with Crippen molar-refractivity contribution >= 4 is 22.9 Å². The molecule has 3 fully saturated rings. The molecule has 6 nitrogen and oxygen atoms in total. The Morgan fingerprint density at radius 1 is 1.29 bits per heavy atom. The number of likely N-dealkylation sites (tertiary alicyclic amines) is 1. The van der Waals surface area contributed by atoms with Crippen LogP contribution in [-0.2, 0) is 6.54 Å². The van der Waals surface area contributed by atoms with E-state index in [9.17, 15) is 4.79 Å². The molecular weight excluding hydrogens is 370 g/mol. The minimum absolute atomic E-state index is 0.0375. The third-order valence-electron chi connectivity index (χ3n) is 6.32. The lowest BCUT2D eigenvalue weighted by molar-refractivity contribution is 0.103. The van der Waals surface area contributed by atoms with E-state index < -0.39 is 0 Å². The van der Waals surface area contributed by atoms with Gasteiger partial charge >= 0.3 is 0 Å². The van der Waals surface area contributed by atoms with Crippen molar-refractivity contribution < 1.29 is 4.79 Å². The zero-order valence-electron chi connectivity index (χ0n) is 16.4. The molecule has 3 heterocycles. The predicted molar refractivity (Wildman–Crippen MR) is 112 cm³/mol. The molecule has 2 atom stereocenters. The number of aromatic nitrogens is 2. The average molecular weight is 400 g/mol. The Bertz CT molecular complexity index is 833. The first kappa shape index (κ1) is 18.3. The number of thiophene rings is 1. The smallest absolute Gasteiger partial charge is 0.265 e. The van der Waals surface area contributed by atoms with E-state index in [0.717, 1.165) is 23.2 Å². The topological polar surface area (TPSA) is 62.2 Å². The summed E-state index contributed by atoms with van der Waals surface area (Å²) in [5, 5.41) is 13.2. The van der Waals surface area contributed by atoms with Crippen LogP contribution in [0.5, 0.6) is 0 Å². The Balaban J connectivity index is 1.11. The van der Waals surface area contributed by atoms with Crippen LogP contribution in [0.3, 0.4) is 0 Å². The summed E-state index contributed by atoms with van der Waals surface area (Å²) < 4.78 is 1.81. The zero-order valence-corrected chi connectivity index (χ0v) is 17.3. The maximum absolute atomic E-state index is 12.5. The molecule has 5 rings (SSSR count). The number of aryl methyl sites for hydroxylation is 1. The van der Waals surface area contributed by atoms with Gasteiger partial charge in [0.2, 0.25) is 0 Å². The predicted octanol–water partition coefficient (Wildman–Crippen LogP) is 3.29. The van der Waals surface area contributed by atoms with Gasteiger partial charge in [0.1, 0.15) is 0 Å². The van der Waals surface area contributed by atoms with E-state index in [1.165, 1.54) is 50.8 Å². The van der Waals surface area contributed by atoms with Gasteiger partial charge in [-0.05, 0) is 69.1 Å². The van der Waals surface area contributed by atoms with Crippen molar-refractivity contribution in [3.63, 3.8) is 0 Å². The SMILES string of the molecule is CCn1cc(NC(=O)c2cc(C3CC3NC3CCN(C4CC4)CC3)cs2)cn1. The fraction of sp³-hybridized carbons (Fsp3) is 0.619. The molecule has 0 spiro atoms. The van der Waals surface area contributed by atoms with Crippen LogP contribution in [0.1, 0.15) is 60.2 Å². The number of hydrogen-bond donors (Lipinski definition) is 2. The van der Waals surface area contributed by atoms with Crippen molar-refractivity contribution in [2.24, 2.45) is 0 Å². The Morgan fingerprint density at radius 2 is 2.11 bits per heavy atom. The molecule has 7 heteroatoms. The van der Waals surface area contributed by atoms with Crippen molar-refractivity contribution in [1.29, 1.82) is 0 Å². The Hall–Kier alpha value is -1.70. The second-order valence-corrected chi connectivity index (χ2v) is 9.35. The van der Waals surface area contributed by atoms with Crippen LogP contribution in [0.25, 0.3) is 0 Å². The third kappa shape index (κ3) is 4.02. The molecule has 0 bridgehead atoms. The highest BCUT2D eigenvalue weighted by molar-refractivity contribution is 7.12. The summed E-state index contributed by atoms with van der Waals surface area (Å²) >= 11 is 1.54. The number of amides is 1. The highest BCUT2D eigenvalue weighted by atomic mass is 32.1. The van der Waals surface area contributed by atoms with Crippen LogP contribution in [-0.4, -0.2) is 51.8 Å². The second-order valence-electron chi connectivity index (χ2n) is 8.44. The fourth-order valence-corrected chi connectivity index (χ4v) is 5.25. The Morgan fingerprint density at radius 3 is 2.82 bits per heavy atom. The monoisotopic (exact) mass is 399 g/mol. The molecule has 1 saturated heterocycles. The minimum atomic E-state index is -0.0375. The molecule has 28 heavy (non-hydrogen) atoms. The van der Waals surface area contributed by atoms with Gasteiger partial charge in [0.05, 0.1) is 16.8 Å². The second kappa shape index (κ2) is 7.61. The molecule has 1 amide bonds. The zero-order chi connectivity index (χ0) is 19.1. The molecule has 2 saturated carbocycles. The van der Waals surface area contributed by atoms with E-state index in [1.807, 2.05) is 17.8 Å². The van der Waals surface area contributed by atoms with Crippen LogP contribution >= 0.6 is 11.3 Å². The van der Waals surface area contributed by atoms with Crippen molar-refractivity contribution in [3.05, 3.63) is 34.3 Å². The molecule has 2 N–H and O–H groups in total. The van der Waals surface area contributed by atoms with Crippen LogP contribution in [0.2, 0.25) is 0 Å². The number of nitrogens with one attached hydrogen (secondary N) is 2. The van der Waals surface area contributed by atoms with Crippen molar-refractivity contribution in [3.8, 4) is 0 Å². The summed E-state index contributed by atoms with van der Waals surface area (Å²) in [6.07, 6.45) is 10.2. The van der Waals surface area contributed by atoms with E-state index >= 15 is 0 Å². The number of carbonyl (C=O) groups excluding carboxylic acids is 1. The Kier molecular flexibility index (Phi) is 4.99. The number of hydrogen-bond acceptors (Lipinski definition) is 5. The van der Waals surface area contributed by atoms with E-state index in [4.69, 9.17) is 0 Å². The summed E-state index contributed by atoms with van der Waals surface area (Å²) in [4.78, 5) is 16.0. The highest BCUT2D eigenvalue weighted by Crippen LogP contribution is 2.43. The van der Waals surface area contributed by atoms with Gasteiger partial charge in [-0.25, -0.2) is 0 Å². The lowest BCUT2D eigenvalue weighted by Crippen LogP contribution is -2.44. The third-order valence-corrected chi connectivity index (χ3v) is 7.27. The van der Waals surface area contributed by atoms with Gasteiger partial charge in [0.25, 0.3) is 5.91 Å². The van der Waals surface area contributed by atoms with Crippen LogP contribution in [0.15, 0.2) is 23.8 Å². The number of carbonyl (C=O) groups is 1. The molecule has 1 aliphatic heterocycles. The summed E-state index contributed by atoms with van der Waals surface area (Å²) in [6, 6.07) is 4.24. The molecule has 2 unspecified atom stereocenters. The van der Waals surface area contributed by atoms with Gasteiger partial charge in [-0.15, -0.1) is 11.3 Å². The summed E-state index contributed by atoms with van der Waals surface area (Å²) in [5.74, 6) is 0.534. The number of anilines is 1. The van der Waals surface area contributed by atoms with E-state index in [1.54, 1.807) is 17.5 Å². The van der Waals surface area contributed by atoms with Gasteiger partial charge in [-0.1, -0.05) is 0 Å². The van der Waals surface area contributed by atoms with E-state index in [0.29, 0.717) is 18.0 Å².